The third-order valence-electron chi connectivity index (χ3n) is 8.10. The lowest BCUT2D eigenvalue weighted by Gasteiger charge is -2.38. The van der Waals surface area contributed by atoms with E-state index in [9.17, 15) is 4.21 Å². The fourth-order valence-corrected chi connectivity index (χ4v) is 9.65. The summed E-state index contributed by atoms with van der Waals surface area (Å²) in [6, 6.07) is 35.4. The fraction of sp³-hybridized carbons (Fsp3) is 0.385. The Morgan fingerprint density at radius 1 is 0.628 bits per heavy atom. The highest BCUT2D eigenvalue weighted by atomic mass is 32.2. The Kier molecular flexibility index (Phi) is 10.9. The van der Waals surface area contributed by atoms with Crippen molar-refractivity contribution < 1.29 is 4.21 Å². The lowest BCUT2D eigenvalue weighted by molar-refractivity contribution is 0.434. The van der Waals surface area contributed by atoms with Crippen LogP contribution in [0, 0.1) is 0 Å². The lowest BCUT2D eigenvalue weighted by atomic mass is 9.80. The van der Waals surface area contributed by atoms with E-state index in [0.29, 0.717) is 17.8 Å². The van der Waals surface area contributed by atoms with E-state index < -0.39 is 23.7 Å². The summed E-state index contributed by atoms with van der Waals surface area (Å²) in [6.07, 6.45) is 0. The van der Waals surface area contributed by atoms with Crippen molar-refractivity contribution in [3.05, 3.63) is 125 Å². The molecule has 0 spiro atoms. The monoisotopic (exact) mass is 611 g/mol. The Morgan fingerprint density at radius 3 is 1.49 bits per heavy atom. The minimum absolute atomic E-state index is 0.176. The fourth-order valence-electron chi connectivity index (χ4n) is 5.89. The van der Waals surface area contributed by atoms with Gasteiger partial charge in [0.15, 0.2) is 0 Å². The van der Waals surface area contributed by atoms with Gasteiger partial charge in [-0.1, -0.05) is 139 Å². The van der Waals surface area contributed by atoms with Gasteiger partial charge in [0.1, 0.15) is 11.0 Å². The van der Waals surface area contributed by atoms with Crippen molar-refractivity contribution in [1.82, 2.24) is 4.31 Å². The van der Waals surface area contributed by atoms with Gasteiger partial charge in [0.2, 0.25) is 0 Å². The van der Waals surface area contributed by atoms with Crippen molar-refractivity contribution in [3.8, 4) is 0 Å². The summed E-state index contributed by atoms with van der Waals surface area (Å²) in [5.41, 5.74) is 6.64. The second-order valence-electron chi connectivity index (χ2n) is 13.5. The normalized spacial score (nSPS) is 13.8. The molecule has 0 bridgehead atoms. The lowest BCUT2D eigenvalue weighted by Crippen LogP contribution is -2.40. The highest BCUT2D eigenvalue weighted by Gasteiger charge is 2.36. The van der Waals surface area contributed by atoms with E-state index in [1.165, 1.54) is 43.7 Å². The highest BCUT2D eigenvalue weighted by Crippen LogP contribution is 2.44. The molecule has 228 valence electrons. The molecule has 4 rings (SSSR count). The number of benzene rings is 4. The summed E-state index contributed by atoms with van der Waals surface area (Å²) in [4.78, 5) is 0. The third kappa shape index (κ3) is 7.39. The summed E-state index contributed by atoms with van der Waals surface area (Å²) in [5, 5.41) is 3.95. The minimum atomic E-state index is -1.24. The Bertz CT molecular complexity index is 1450. The Labute approximate surface area is 265 Å². The number of rotatable bonds is 10. The van der Waals surface area contributed by atoms with E-state index in [2.05, 4.69) is 171 Å². The van der Waals surface area contributed by atoms with Gasteiger partial charge in [-0.15, -0.1) is 0 Å². The molecule has 2 nitrogen and oxygen atoms in total. The van der Waals surface area contributed by atoms with Gasteiger partial charge in [-0.25, -0.2) is 8.51 Å². The largest absolute Gasteiger partial charge is 0.242 e. The van der Waals surface area contributed by atoms with Crippen LogP contribution in [0.4, 0.5) is 0 Å². The van der Waals surface area contributed by atoms with Crippen molar-refractivity contribution >= 4 is 34.8 Å². The zero-order valence-electron chi connectivity index (χ0n) is 27.8. The standard InChI is InChI=1S/C39H50NOPS/c1-27(2)30-25-34(28(3)4)37(35(26-30)29(5)6)38(40(10)43(41)39(7,8)9)33-23-17-18-24-36(33)42(31-19-13-11-14-20-31)32-21-15-12-16-22-32/h11-29,38H,1-10H3. The van der Waals surface area contributed by atoms with Gasteiger partial charge in [0, 0.05) is 7.05 Å². The average molecular weight is 612 g/mol. The van der Waals surface area contributed by atoms with E-state index in [0.717, 1.165) is 0 Å². The predicted molar refractivity (Wildman–Crippen MR) is 191 cm³/mol. The Hall–Kier alpha value is -2.58. The first-order valence-electron chi connectivity index (χ1n) is 15.6. The first-order valence-corrected chi connectivity index (χ1v) is 18.1. The van der Waals surface area contributed by atoms with E-state index in [4.69, 9.17) is 0 Å². The molecule has 4 heteroatoms. The minimum Gasteiger partial charge on any atom is -0.242 e. The summed E-state index contributed by atoms with van der Waals surface area (Å²) >= 11 is 0. The van der Waals surface area contributed by atoms with Crippen molar-refractivity contribution in [2.24, 2.45) is 0 Å². The third-order valence-corrected chi connectivity index (χ3v) is 12.4. The van der Waals surface area contributed by atoms with Gasteiger partial charge in [-0.3, -0.25) is 0 Å². The summed E-state index contributed by atoms with van der Waals surface area (Å²) in [7, 11) is -0.0239. The van der Waals surface area contributed by atoms with Crippen LogP contribution in [0.25, 0.3) is 0 Å². The van der Waals surface area contributed by atoms with Crippen LogP contribution in [0.1, 0.15) is 114 Å². The molecule has 2 unspecified atom stereocenters. The van der Waals surface area contributed by atoms with E-state index >= 15 is 0 Å². The van der Waals surface area contributed by atoms with Crippen LogP contribution in [0.15, 0.2) is 97.1 Å². The Balaban J connectivity index is 2.12. The molecule has 0 aliphatic heterocycles. The highest BCUT2D eigenvalue weighted by molar-refractivity contribution is 7.84. The SMILES string of the molecule is CC(C)c1cc(C(C)C)c(C(c2ccccc2P(c2ccccc2)c2ccccc2)N(C)S(=O)C(C)(C)C)c(C(C)C)c1. The van der Waals surface area contributed by atoms with Crippen molar-refractivity contribution in [1.29, 1.82) is 0 Å². The zero-order valence-corrected chi connectivity index (χ0v) is 29.5. The molecule has 0 radical (unpaired) electrons. The van der Waals surface area contributed by atoms with Crippen LogP contribution in [0.3, 0.4) is 0 Å². The molecule has 0 aliphatic carbocycles. The molecule has 4 aromatic carbocycles. The predicted octanol–water partition coefficient (Wildman–Crippen LogP) is 9.30. The molecule has 0 saturated carbocycles. The molecule has 0 N–H and O–H groups in total. The molecule has 0 fully saturated rings. The van der Waals surface area contributed by atoms with Gasteiger partial charge >= 0.3 is 0 Å². The van der Waals surface area contributed by atoms with Crippen LogP contribution >= 0.6 is 7.92 Å². The van der Waals surface area contributed by atoms with Crippen LogP contribution in [-0.4, -0.2) is 20.3 Å². The van der Waals surface area contributed by atoms with Crippen LogP contribution in [0.5, 0.6) is 0 Å². The van der Waals surface area contributed by atoms with Crippen molar-refractivity contribution in [2.45, 2.75) is 90.9 Å². The Morgan fingerprint density at radius 2 is 1.07 bits per heavy atom. The van der Waals surface area contributed by atoms with E-state index in [-0.39, 0.29) is 6.04 Å². The van der Waals surface area contributed by atoms with Gasteiger partial charge < -0.3 is 0 Å². The number of nitrogens with zero attached hydrogens (tertiary/aromatic N) is 1. The van der Waals surface area contributed by atoms with Gasteiger partial charge in [-0.05, 0) is 90.2 Å². The summed E-state index contributed by atoms with van der Waals surface area (Å²) in [5.74, 6) is 1.07. The molecule has 43 heavy (non-hydrogen) atoms. The van der Waals surface area contributed by atoms with Crippen LogP contribution in [-0.2, 0) is 11.0 Å². The molecule has 2 atom stereocenters. The maximum Gasteiger partial charge on any atom is 0.100 e. The number of hydrogen-bond acceptors (Lipinski definition) is 1. The van der Waals surface area contributed by atoms with Crippen LogP contribution in [0.2, 0.25) is 0 Å². The van der Waals surface area contributed by atoms with Crippen molar-refractivity contribution in [3.63, 3.8) is 0 Å². The topological polar surface area (TPSA) is 20.3 Å². The second kappa shape index (κ2) is 14.0. The smallest absolute Gasteiger partial charge is 0.100 e. The first kappa shape index (κ1) is 33.3. The molecule has 0 aliphatic rings. The van der Waals surface area contributed by atoms with Gasteiger partial charge in [-0.2, -0.15) is 0 Å². The van der Waals surface area contributed by atoms with Gasteiger partial charge in [0.05, 0.1) is 10.8 Å². The molecule has 0 saturated heterocycles. The second-order valence-corrected chi connectivity index (χ2v) is 17.9. The quantitative estimate of drug-likeness (QED) is 0.164. The summed E-state index contributed by atoms with van der Waals surface area (Å²) < 4.78 is 16.1. The molecular formula is C39H50NOPS. The molecular weight excluding hydrogens is 561 g/mol. The zero-order chi connectivity index (χ0) is 31.5. The maximum atomic E-state index is 14.4. The van der Waals surface area contributed by atoms with E-state index in [1.54, 1.807) is 0 Å². The van der Waals surface area contributed by atoms with Gasteiger partial charge in [0.25, 0.3) is 0 Å². The molecule has 0 aromatic heterocycles. The summed E-state index contributed by atoms with van der Waals surface area (Å²) in [6.45, 7) is 20.0. The molecule has 0 amide bonds. The number of hydrogen-bond donors (Lipinski definition) is 0. The van der Waals surface area contributed by atoms with Crippen molar-refractivity contribution in [2.75, 3.05) is 7.05 Å². The average Bonchev–Trinajstić information content (AvgIpc) is 2.98. The molecule has 0 heterocycles. The van der Waals surface area contributed by atoms with Crippen LogP contribution < -0.4 is 15.9 Å². The van der Waals surface area contributed by atoms with E-state index in [1.807, 2.05) is 0 Å². The first-order chi connectivity index (χ1) is 20.3. The maximum absolute atomic E-state index is 14.4. The molecule has 4 aromatic rings.